The highest BCUT2D eigenvalue weighted by Gasteiger charge is 2.29. The molecule has 8 heteroatoms. The number of nitrogens with zero attached hydrogens (tertiary/aromatic N) is 3. The van der Waals surface area contributed by atoms with Gasteiger partial charge in [-0.3, -0.25) is 14.9 Å². The van der Waals surface area contributed by atoms with E-state index < -0.39 is 0 Å². The lowest BCUT2D eigenvalue weighted by molar-refractivity contribution is -0.137. The molecule has 0 aromatic heterocycles. The Morgan fingerprint density at radius 1 is 1.29 bits per heavy atom. The number of aliphatic hydroxyl groups excluding tert-OH is 1. The van der Waals surface area contributed by atoms with Crippen LogP contribution in [0.2, 0.25) is 0 Å². The third-order valence-electron chi connectivity index (χ3n) is 5.56. The van der Waals surface area contributed by atoms with E-state index in [-0.39, 0.29) is 31.1 Å². The third kappa shape index (κ3) is 3.96. The lowest BCUT2D eigenvalue weighted by atomic mass is 9.94. The maximum absolute atomic E-state index is 12.7. The van der Waals surface area contributed by atoms with Crippen molar-refractivity contribution in [3.8, 4) is 5.75 Å². The van der Waals surface area contributed by atoms with Crippen molar-refractivity contribution < 1.29 is 19.4 Å². The number of carbonyl (C=O) groups excluding carboxylic acids is 2. The average molecular weight is 386 g/mol. The molecule has 2 heterocycles. The van der Waals surface area contributed by atoms with E-state index in [4.69, 9.17) is 4.74 Å². The van der Waals surface area contributed by atoms with Crippen LogP contribution in [-0.4, -0.2) is 65.0 Å². The number of fused-ring (bicyclic) bond motifs is 2. The second-order valence-corrected chi connectivity index (χ2v) is 7.52. The number of carbonyl (C=O) groups is 2. The van der Waals surface area contributed by atoms with Crippen molar-refractivity contribution >= 4 is 23.5 Å². The first-order chi connectivity index (χ1) is 13.6. The van der Waals surface area contributed by atoms with E-state index in [1.165, 1.54) is 6.42 Å². The fraction of sp³-hybridized carbons (Fsp3) is 0.550. The fourth-order valence-electron chi connectivity index (χ4n) is 4.17. The van der Waals surface area contributed by atoms with Gasteiger partial charge in [0.15, 0.2) is 6.61 Å². The van der Waals surface area contributed by atoms with Gasteiger partial charge in [0.25, 0.3) is 5.91 Å². The lowest BCUT2D eigenvalue weighted by Gasteiger charge is -2.34. The predicted octanol–water partition coefficient (Wildman–Crippen LogP) is 1.15. The summed E-state index contributed by atoms with van der Waals surface area (Å²) >= 11 is 0. The maximum atomic E-state index is 12.7. The van der Waals surface area contributed by atoms with Gasteiger partial charge < -0.3 is 19.6 Å². The van der Waals surface area contributed by atoms with Crippen molar-refractivity contribution in [2.45, 2.75) is 44.7 Å². The van der Waals surface area contributed by atoms with Crippen LogP contribution in [0, 0.1) is 0 Å². The first-order valence-corrected chi connectivity index (χ1v) is 9.93. The van der Waals surface area contributed by atoms with E-state index in [2.05, 4.69) is 10.3 Å². The topological polar surface area (TPSA) is 94.5 Å². The highest BCUT2D eigenvalue weighted by molar-refractivity contribution is 6.05. The Bertz CT molecular complexity index is 788. The molecule has 1 aromatic carbocycles. The summed E-state index contributed by atoms with van der Waals surface area (Å²) in [5.74, 6) is 1.05. The van der Waals surface area contributed by atoms with E-state index >= 15 is 0 Å². The van der Waals surface area contributed by atoms with Gasteiger partial charge in [0.05, 0.1) is 12.3 Å². The van der Waals surface area contributed by atoms with E-state index in [0.29, 0.717) is 31.3 Å². The number of benzene rings is 1. The van der Waals surface area contributed by atoms with Gasteiger partial charge in [-0.05, 0) is 31.0 Å². The van der Waals surface area contributed by atoms with Crippen LogP contribution in [0.5, 0.6) is 5.75 Å². The van der Waals surface area contributed by atoms with Gasteiger partial charge in [0.2, 0.25) is 11.9 Å². The number of nitrogens with one attached hydrogen (secondary N) is 1. The van der Waals surface area contributed by atoms with E-state index in [0.717, 1.165) is 36.9 Å². The first kappa shape index (κ1) is 18.7. The van der Waals surface area contributed by atoms with Crippen LogP contribution >= 0.6 is 0 Å². The number of rotatable bonds is 6. The van der Waals surface area contributed by atoms with Gasteiger partial charge >= 0.3 is 0 Å². The molecule has 0 spiro atoms. The van der Waals surface area contributed by atoms with Gasteiger partial charge in [-0.1, -0.05) is 19.3 Å². The van der Waals surface area contributed by atoms with Crippen molar-refractivity contribution in [3.05, 3.63) is 23.8 Å². The molecular formula is C20H26N4O4. The van der Waals surface area contributed by atoms with Gasteiger partial charge in [-0.25, -0.2) is 4.99 Å². The minimum Gasteiger partial charge on any atom is -0.484 e. The summed E-state index contributed by atoms with van der Waals surface area (Å²) in [5, 5.41) is 12.1. The standard InChI is InChI=1S/C20H26N4O4/c25-9-8-24(15-4-2-1-3-5-15)19(27)13-28-16-6-7-17-14(10-16)11-23-12-18(26)22-20(23)21-17/h6-7,10,15,25H,1-5,8-9,11-13H2,(H,21,22,26). The molecule has 2 amide bonds. The minimum atomic E-state index is -0.0895. The molecule has 4 rings (SSSR count). The summed E-state index contributed by atoms with van der Waals surface area (Å²) < 4.78 is 5.76. The second kappa shape index (κ2) is 8.18. The zero-order valence-electron chi connectivity index (χ0n) is 15.9. The molecule has 8 nitrogen and oxygen atoms in total. The van der Waals surface area contributed by atoms with Crippen LogP contribution in [0.1, 0.15) is 37.7 Å². The molecule has 0 atom stereocenters. The molecule has 2 aliphatic heterocycles. The van der Waals surface area contributed by atoms with Crippen LogP contribution in [0.15, 0.2) is 23.2 Å². The van der Waals surface area contributed by atoms with E-state index in [9.17, 15) is 14.7 Å². The normalized spacial score (nSPS) is 18.8. The molecule has 2 fully saturated rings. The van der Waals surface area contributed by atoms with Crippen LogP contribution in [0.4, 0.5) is 5.69 Å². The molecule has 1 aliphatic carbocycles. The Hall–Kier alpha value is -2.61. The Balaban J connectivity index is 1.39. The van der Waals surface area contributed by atoms with Gasteiger partial charge in [0.1, 0.15) is 12.3 Å². The molecule has 28 heavy (non-hydrogen) atoms. The zero-order valence-corrected chi connectivity index (χ0v) is 15.9. The molecule has 1 saturated carbocycles. The number of hydrogen-bond donors (Lipinski definition) is 2. The Morgan fingerprint density at radius 2 is 2.11 bits per heavy atom. The van der Waals surface area contributed by atoms with Crippen LogP contribution in [0.25, 0.3) is 0 Å². The number of guanidine groups is 1. The Labute approximate surface area is 164 Å². The van der Waals surface area contributed by atoms with Crippen molar-refractivity contribution in [3.63, 3.8) is 0 Å². The van der Waals surface area contributed by atoms with Crippen molar-refractivity contribution in [1.82, 2.24) is 15.1 Å². The summed E-state index contributed by atoms with van der Waals surface area (Å²) in [5.41, 5.74) is 1.76. The molecule has 150 valence electrons. The number of amides is 2. The summed E-state index contributed by atoms with van der Waals surface area (Å²) in [6.45, 7) is 1.15. The highest BCUT2D eigenvalue weighted by Crippen LogP contribution is 2.30. The number of aliphatic imine (C=N–C) groups is 1. The average Bonchev–Trinajstić information content (AvgIpc) is 3.07. The number of hydrogen-bond acceptors (Lipinski definition) is 6. The van der Waals surface area contributed by atoms with E-state index in [1.54, 1.807) is 11.0 Å². The van der Waals surface area contributed by atoms with Crippen LogP contribution < -0.4 is 10.1 Å². The Kier molecular flexibility index (Phi) is 5.47. The largest absolute Gasteiger partial charge is 0.484 e. The van der Waals surface area contributed by atoms with Crippen LogP contribution in [-0.2, 0) is 16.1 Å². The van der Waals surface area contributed by atoms with Crippen LogP contribution in [0.3, 0.4) is 0 Å². The molecular weight excluding hydrogens is 360 g/mol. The second-order valence-electron chi connectivity index (χ2n) is 7.52. The SMILES string of the molecule is O=C1CN2Cc3cc(OCC(=O)N(CCO)C4CCCCC4)ccc3N=C2N1. The van der Waals surface area contributed by atoms with Gasteiger partial charge in [-0.15, -0.1) is 0 Å². The summed E-state index contributed by atoms with van der Waals surface area (Å²) in [7, 11) is 0. The third-order valence-corrected chi connectivity index (χ3v) is 5.56. The molecule has 0 bridgehead atoms. The quantitative estimate of drug-likeness (QED) is 0.765. The summed E-state index contributed by atoms with van der Waals surface area (Å²) in [6.07, 6.45) is 5.45. The number of aliphatic hydroxyl groups is 1. The minimum absolute atomic E-state index is 0.0377. The van der Waals surface area contributed by atoms with E-state index in [1.807, 2.05) is 17.0 Å². The molecule has 2 N–H and O–H groups in total. The molecule has 3 aliphatic rings. The first-order valence-electron chi connectivity index (χ1n) is 9.93. The highest BCUT2D eigenvalue weighted by atomic mass is 16.5. The molecule has 1 saturated heterocycles. The van der Waals surface area contributed by atoms with Gasteiger partial charge in [0, 0.05) is 24.7 Å². The van der Waals surface area contributed by atoms with Crippen molar-refractivity contribution in [2.24, 2.45) is 4.99 Å². The zero-order chi connectivity index (χ0) is 19.5. The molecule has 0 radical (unpaired) electrons. The molecule has 0 unspecified atom stereocenters. The lowest BCUT2D eigenvalue weighted by Crippen LogP contribution is -2.45. The van der Waals surface area contributed by atoms with Crippen molar-refractivity contribution in [2.75, 3.05) is 26.3 Å². The molecule has 1 aromatic rings. The fourth-order valence-corrected chi connectivity index (χ4v) is 4.17. The number of ether oxygens (including phenoxy) is 1. The maximum Gasteiger partial charge on any atom is 0.260 e. The van der Waals surface area contributed by atoms with Crippen molar-refractivity contribution in [1.29, 1.82) is 0 Å². The summed E-state index contributed by atoms with van der Waals surface area (Å²) in [6, 6.07) is 5.72. The Morgan fingerprint density at radius 3 is 2.89 bits per heavy atom. The summed E-state index contributed by atoms with van der Waals surface area (Å²) in [4.78, 5) is 32.3. The smallest absolute Gasteiger partial charge is 0.260 e. The van der Waals surface area contributed by atoms with Gasteiger partial charge in [-0.2, -0.15) is 0 Å². The predicted molar refractivity (Wildman–Crippen MR) is 103 cm³/mol. The monoisotopic (exact) mass is 386 g/mol.